The van der Waals surface area contributed by atoms with Gasteiger partial charge in [0.15, 0.2) is 0 Å². The van der Waals surface area contributed by atoms with E-state index in [1.54, 1.807) is 6.20 Å². The number of anilines is 2. The first-order valence-corrected chi connectivity index (χ1v) is 14.7. The van der Waals surface area contributed by atoms with Crippen LogP contribution in [-0.2, 0) is 4.79 Å². The van der Waals surface area contributed by atoms with E-state index in [2.05, 4.69) is 54.6 Å². The highest BCUT2D eigenvalue weighted by Crippen LogP contribution is 2.35. The van der Waals surface area contributed by atoms with Crippen LogP contribution in [0, 0.1) is 5.92 Å². The number of hydrogen-bond donors (Lipinski definition) is 3. The third kappa shape index (κ3) is 4.94. The van der Waals surface area contributed by atoms with Gasteiger partial charge in [-0.2, -0.15) is 5.10 Å². The van der Waals surface area contributed by atoms with E-state index in [0.717, 1.165) is 81.8 Å². The molecule has 3 N–H and O–H groups in total. The number of aromatic amines is 2. The Balaban J connectivity index is 1.17. The van der Waals surface area contributed by atoms with Crippen LogP contribution in [0.2, 0.25) is 0 Å². The number of piperidine rings is 1. The Morgan fingerprint density at radius 1 is 0.900 bits per heavy atom. The average Bonchev–Trinajstić information content (AvgIpc) is 3.62. The Labute approximate surface area is 233 Å². The molecule has 2 aliphatic rings. The maximum absolute atomic E-state index is 12.7. The van der Waals surface area contributed by atoms with E-state index in [4.69, 9.17) is 4.98 Å². The molecule has 0 bridgehead atoms. The summed E-state index contributed by atoms with van der Waals surface area (Å²) in [6.07, 6.45) is 15.9. The molecule has 1 amide bonds. The predicted octanol–water partition coefficient (Wildman–Crippen LogP) is 7.07. The van der Waals surface area contributed by atoms with E-state index < -0.39 is 0 Å². The highest BCUT2D eigenvalue weighted by atomic mass is 16.1. The molecule has 0 radical (unpaired) electrons. The molecule has 8 nitrogen and oxygen atoms in total. The zero-order valence-electron chi connectivity index (χ0n) is 22.7. The smallest absolute Gasteiger partial charge is 0.224 e. The molecule has 204 valence electrons. The molecule has 1 saturated carbocycles. The second-order valence-corrected chi connectivity index (χ2v) is 11.4. The molecule has 5 heterocycles. The van der Waals surface area contributed by atoms with Crippen molar-refractivity contribution in [3.05, 3.63) is 55.0 Å². The Morgan fingerprint density at radius 2 is 1.75 bits per heavy atom. The van der Waals surface area contributed by atoms with Gasteiger partial charge >= 0.3 is 0 Å². The fourth-order valence-corrected chi connectivity index (χ4v) is 6.45. The van der Waals surface area contributed by atoms with Gasteiger partial charge in [0.1, 0.15) is 11.5 Å². The van der Waals surface area contributed by atoms with Crippen molar-refractivity contribution in [1.82, 2.24) is 25.1 Å². The topological polar surface area (TPSA) is 103 Å². The van der Waals surface area contributed by atoms with Crippen LogP contribution in [0.1, 0.15) is 57.8 Å². The molecule has 8 heteroatoms. The quantitative estimate of drug-likeness (QED) is 0.217. The predicted molar refractivity (Wildman–Crippen MR) is 160 cm³/mol. The molecular formula is C32H35N7O. The van der Waals surface area contributed by atoms with Crippen LogP contribution in [0.4, 0.5) is 11.5 Å². The van der Waals surface area contributed by atoms with Crippen LogP contribution in [0.5, 0.6) is 0 Å². The maximum Gasteiger partial charge on any atom is 0.224 e. The molecule has 7 rings (SSSR count). The summed E-state index contributed by atoms with van der Waals surface area (Å²) in [5, 5.41) is 13.1. The molecule has 40 heavy (non-hydrogen) atoms. The van der Waals surface area contributed by atoms with E-state index in [-0.39, 0.29) is 5.91 Å². The van der Waals surface area contributed by atoms with Gasteiger partial charge in [0, 0.05) is 48.2 Å². The normalized spacial score (nSPS) is 16.6. The molecule has 1 saturated heterocycles. The Bertz CT molecular complexity index is 1660. The number of fused-ring (bicyclic) bond motifs is 2. The van der Waals surface area contributed by atoms with Gasteiger partial charge in [-0.15, -0.1) is 0 Å². The van der Waals surface area contributed by atoms with Gasteiger partial charge in [0.05, 0.1) is 28.6 Å². The third-order valence-corrected chi connectivity index (χ3v) is 8.55. The number of H-pyrrole nitrogens is 2. The average molecular weight is 534 g/mol. The second-order valence-electron chi connectivity index (χ2n) is 11.4. The lowest BCUT2D eigenvalue weighted by molar-refractivity contribution is -0.117. The Hall–Kier alpha value is -4.20. The van der Waals surface area contributed by atoms with Crippen LogP contribution >= 0.6 is 0 Å². The SMILES string of the molecule is O=C(CC1CCCCC1)Nc1cncc(-c2ccc3[nH]nc(-c4cc5c(N6CCCCC6)nccc5[nH]4)c3c2)c1. The summed E-state index contributed by atoms with van der Waals surface area (Å²) in [7, 11) is 0. The standard InChI is InChI=1S/C32H35N7O/c40-30(15-21-7-3-1-4-8-21)35-24-16-23(19-33-20-24)22-9-10-28-25(17-22)31(38-37-28)29-18-26-27(36-29)11-12-34-32(26)39-13-5-2-6-14-39/h9-12,16-21,36H,1-8,13-15H2,(H,35,40)(H,37,38). The van der Waals surface area contributed by atoms with Gasteiger partial charge in [0.25, 0.3) is 0 Å². The van der Waals surface area contributed by atoms with E-state index in [1.165, 1.54) is 38.5 Å². The number of hydrogen-bond acceptors (Lipinski definition) is 5. The van der Waals surface area contributed by atoms with Crippen molar-refractivity contribution in [3.63, 3.8) is 0 Å². The molecule has 1 aliphatic heterocycles. The van der Waals surface area contributed by atoms with Crippen molar-refractivity contribution in [2.75, 3.05) is 23.3 Å². The number of pyridine rings is 2. The molecular weight excluding hydrogens is 498 g/mol. The van der Waals surface area contributed by atoms with Crippen molar-refractivity contribution in [2.24, 2.45) is 5.92 Å². The monoisotopic (exact) mass is 533 g/mol. The Kier molecular flexibility index (Phi) is 6.67. The van der Waals surface area contributed by atoms with Crippen LogP contribution in [0.15, 0.2) is 55.0 Å². The molecule has 0 atom stereocenters. The third-order valence-electron chi connectivity index (χ3n) is 8.55. The van der Waals surface area contributed by atoms with Crippen molar-refractivity contribution < 1.29 is 4.79 Å². The molecule has 1 aliphatic carbocycles. The highest BCUT2D eigenvalue weighted by Gasteiger charge is 2.19. The zero-order chi connectivity index (χ0) is 26.9. The summed E-state index contributed by atoms with van der Waals surface area (Å²) < 4.78 is 0. The number of nitrogens with one attached hydrogen (secondary N) is 3. The van der Waals surface area contributed by atoms with Gasteiger partial charge in [-0.1, -0.05) is 25.3 Å². The number of carbonyl (C=O) groups is 1. The first kappa shape index (κ1) is 24.8. The molecule has 5 aromatic rings. The lowest BCUT2D eigenvalue weighted by atomic mass is 9.87. The lowest BCUT2D eigenvalue weighted by Crippen LogP contribution is -2.30. The van der Waals surface area contributed by atoms with Crippen molar-refractivity contribution >= 4 is 39.2 Å². The van der Waals surface area contributed by atoms with Crippen LogP contribution in [-0.4, -0.2) is 44.1 Å². The molecule has 4 aromatic heterocycles. The van der Waals surface area contributed by atoms with Gasteiger partial charge < -0.3 is 15.2 Å². The van der Waals surface area contributed by atoms with E-state index in [1.807, 2.05) is 24.5 Å². The van der Waals surface area contributed by atoms with Crippen LogP contribution < -0.4 is 10.2 Å². The largest absolute Gasteiger partial charge is 0.356 e. The van der Waals surface area contributed by atoms with E-state index in [9.17, 15) is 4.79 Å². The molecule has 1 aromatic carbocycles. The van der Waals surface area contributed by atoms with Crippen molar-refractivity contribution in [2.45, 2.75) is 57.8 Å². The number of benzene rings is 1. The minimum atomic E-state index is 0.0793. The van der Waals surface area contributed by atoms with Gasteiger partial charge in [-0.3, -0.25) is 14.9 Å². The maximum atomic E-state index is 12.7. The summed E-state index contributed by atoms with van der Waals surface area (Å²) in [5.74, 6) is 1.63. The number of rotatable bonds is 6. The second kappa shape index (κ2) is 10.8. The van der Waals surface area contributed by atoms with Crippen molar-refractivity contribution in [3.8, 4) is 22.5 Å². The number of aromatic nitrogens is 5. The van der Waals surface area contributed by atoms with Gasteiger partial charge in [-0.05, 0) is 73.9 Å². The molecule has 0 unspecified atom stereocenters. The van der Waals surface area contributed by atoms with Crippen LogP contribution in [0.25, 0.3) is 44.3 Å². The fourth-order valence-electron chi connectivity index (χ4n) is 6.45. The summed E-state index contributed by atoms with van der Waals surface area (Å²) in [5.41, 5.74) is 6.60. The highest BCUT2D eigenvalue weighted by molar-refractivity contribution is 6.00. The molecule has 2 fully saturated rings. The zero-order valence-corrected chi connectivity index (χ0v) is 22.7. The summed E-state index contributed by atoms with van der Waals surface area (Å²) in [4.78, 5) is 27.9. The van der Waals surface area contributed by atoms with Gasteiger partial charge in [-0.25, -0.2) is 4.98 Å². The number of carbonyl (C=O) groups excluding carboxylic acids is 1. The van der Waals surface area contributed by atoms with E-state index >= 15 is 0 Å². The van der Waals surface area contributed by atoms with Crippen LogP contribution in [0.3, 0.4) is 0 Å². The minimum absolute atomic E-state index is 0.0793. The lowest BCUT2D eigenvalue weighted by Gasteiger charge is -2.28. The fraction of sp³-hybridized carbons (Fsp3) is 0.375. The number of amides is 1. The Morgan fingerprint density at radius 3 is 2.62 bits per heavy atom. The summed E-state index contributed by atoms with van der Waals surface area (Å²) in [6.45, 7) is 2.10. The summed E-state index contributed by atoms with van der Waals surface area (Å²) in [6, 6.07) is 12.5. The van der Waals surface area contributed by atoms with Crippen molar-refractivity contribution in [1.29, 1.82) is 0 Å². The van der Waals surface area contributed by atoms with Gasteiger partial charge in [0.2, 0.25) is 5.91 Å². The first-order valence-electron chi connectivity index (χ1n) is 14.7. The first-order chi connectivity index (χ1) is 19.7. The minimum Gasteiger partial charge on any atom is -0.356 e. The van der Waals surface area contributed by atoms with E-state index in [0.29, 0.717) is 12.3 Å². The summed E-state index contributed by atoms with van der Waals surface area (Å²) >= 11 is 0. The molecule has 0 spiro atoms. The number of nitrogens with zero attached hydrogens (tertiary/aromatic N) is 4.